The summed E-state index contributed by atoms with van der Waals surface area (Å²) in [5.74, 6) is 2.25. The van der Waals surface area contributed by atoms with Crippen molar-refractivity contribution in [3.05, 3.63) is 51.7 Å². The molecule has 1 amide bonds. The Morgan fingerprint density at radius 1 is 1.26 bits per heavy atom. The van der Waals surface area contributed by atoms with Gasteiger partial charge in [0.15, 0.2) is 5.96 Å². The molecule has 0 aliphatic heterocycles. The smallest absolute Gasteiger partial charge is 0.241 e. The number of likely N-dealkylation sites (N-methyl/N-ethyl adjacent to an activating group) is 1. The summed E-state index contributed by atoms with van der Waals surface area (Å²) in [4.78, 5) is 19.6. The first kappa shape index (κ1) is 25.5. The molecule has 2 N–H and O–H groups in total. The van der Waals surface area contributed by atoms with Crippen molar-refractivity contribution in [1.29, 1.82) is 0 Å². The van der Waals surface area contributed by atoms with Gasteiger partial charge in [-0.2, -0.15) is 0 Å². The van der Waals surface area contributed by atoms with E-state index in [2.05, 4.69) is 53.3 Å². The number of benzene rings is 1. The Morgan fingerprint density at radius 3 is 2.74 bits per heavy atom. The van der Waals surface area contributed by atoms with Crippen molar-refractivity contribution in [3.8, 4) is 5.75 Å². The number of thiophene rings is 1. The molecule has 1 aliphatic carbocycles. The molecule has 8 heteroatoms. The number of guanidine groups is 1. The van der Waals surface area contributed by atoms with Crippen molar-refractivity contribution >= 4 is 47.2 Å². The maximum absolute atomic E-state index is 12.0. The Morgan fingerprint density at radius 2 is 2.06 bits per heavy atom. The molecular weight excluding hydrogens is 523 g/mol. The van der Waals surface area contributed by atoms with Crippen LogP contribution in [0.4, 0.5) is 0 Å². The molecule has 1 saturated carbocycles. The number of hydrogen-bond donors (Lipinski definition) is 2. The van der Waals surface area contributed by atoms with Crippen molar-refractivity contribution in [2.75, 3.05) is 33.8 Å². The molecule has 1 aromatic heterocycles. The van der Waals surface area contributed by atoms with E-state index < -0.39 is 0 Å². The van der Waals surface area contributed by atoms with Crippen LogP contribution in [0.1, 0.15) is 28.8 Å². The maximum atomic E-state index is 12.0. The summed E-state index contributed by atoms with van der Waals surface area (Å²) in [7, 11) is 3.50. The van der Waals surface area contributed by atoms with Gasteiger partial charge >= 0.3 is 0 Å². The lowest BCUT2D eigenvalue weighted by atomic mass is 10.1. The Balaban J connectivity index is 0.00000341. The van der Waals surface area contributed by atoms with Gasteiger partial charge in [0.05, 0.1) is 19.7 Å². The second-order valence-corrected chi connectivity index (χ2v) is 8.96. The van der Waals surface area contributed by atoms with E-state index in [1.54, 1.807) is 30.3 Å². The number of aliphatic imine (C=N–C) groups is 1. The zero-order valence-electron chi connectivity index (χ0n) is 18.5. The number of carbonyl (C=O) groups is 1. The van der Waals surface area contributed by atoms with Crippen LogP contribution in [0.5, 0.6) is 5.75 Å². The van der Waals surface area contributed by atoms with Gasteiger partial charge in [0.2, 0.25) is 5.91 Å². The molecule has 170 valence electrons. The first-order valence-electron chi connectivity index (χ1n) is 10.5. The predicted octanol–water partition coefficient (Wildman–Crippen LogP) is 3.83. The predicted molar refractivity (Wildman–Crippen MR) is 139 cm³/mol. The van der Waals surface area contributed by atoms with Gasteiger partial charge in [-0.25, -0.2) is 4.99 Å². The van der Waals surface area contributed by atoms with Crippen molar-refractivity contribution in [1.82, 2.24) is 15.5 Å². The van der Waals surface area contributed by atoms with E-state index in [1.807, 2.05) is 0 Å². The highest BCUT2D eigenvalue weighted by atomic mass is 127. The van der Waals surface area contributed by atoms with Crippen LogP contribution in [-0.4, -0.2) is 50.6 Å². The second-order valence-electron chi connectivity index (χ2n) is 7.93. The highest BCUT2D eigenvalue weighted by molar-refractivity contribution is 14.0. The average Bonchev–Trinajstić information content (AvgIpc) is 3.42. The molecule has 6 nitrogen and oxygen atoms in total. The van der Waals surface area contributed by atoms with Gasteiger partial charge in [-0.1, -0.05) is 18.2 Å². The standard InChI is InChI=1S/C23H32N4O2S.HI/c1-17-6-9-19(21(13-17)29-16-18-7-8-18)14-25-23(26-15-22(28)27(2)3)24-11-10-20-5-4-12-30-20;/h4-6,9,12-13,18H,7-8,10-11,14-16H2,1-3H3,(H2,24,25,26);1H. The van der Waals surface area contributed by atoms with Crippen molar-refractivity contribution in [2.24, 2.45) is 10.9 Å². The zero-order valence-corrected chi connectivity index (χ0v) is 21.7. The van der Waals surface area contributed by atoms with Crippen LogP contribution in [0.3, 0.4) is 0 Å². The summed E-state index contributed by atoms with van der Waals surface area (Å²) in [6, 6.07) is 10.4. The number of nitrogens with one attached hydrogen (secondary N) is 2. The van der Waals surface area contributed by atoms with Gasteiger partial charge < -0.3 is 20.3 Å². The molecule has 3 rings (SSSR count). The molecule has 31 heavy (non-hydrogen) atoms. The Hall–Kier alpha value is -1.81. The van der Waals surface area contributed by atoms with Crippen LogP contribution in [0.25, 0.3) is 0 Å². The van der Waals surface area contributed by atoms with Gasteiger partial charge in [-0.3, -0.25) is 4.79 Å². The van der Waals surface area contributed by atoms with E-state index >= 15 is 0 Å². The van der Waals surface area contributed by atoms with Crippen molar-refractivity contribution in [3.63, 3.8) is 0 Å². The highest BCUT2D eigenvalue weighted by Crippen LogP contribution is 2.30. The van der Waals surface area contributed by atoms with Crippen LogP contribution >= 0.6 is 35.3 Å². The second kappa shape index (κ2) is 12.9. The quantitative estimate of drug-likeness (QED) is 0.265. The molecule has 1 aromatic carbocycles. The fourth-order valence-electron chi connectivity index (χ4n) is 2.83. The van der Waals surface area contributed by atoms with Crippen molar-refractivity contribution in [2.45, 2.75) is 32.7 Å². The molecular formula is C23H33IN4O2S. The minimum atomic E-state index is 0. The van der Waals surface area contributed by atoms with Crippen LogP contribution in [0.2, 0.25) is 0 Å². The van der Waals surface area contributed by atoms with Gasteiger partial charge in [0.25, 0.3) is 0 Å². The molecule has 0 atom stereocenters. The van der Waals surface area contributed by atoms with Gasteiger partial charge in [0, 0.05) is 31.1 Å². The minimum absolute atomic E-state index is 0. The number of carbonyl (C=O) groups excluding carboxylic acids is 1. The minimum Gasteiger partial charge on any atom is -0.493 e. The summed E-state index contributed by atoms with van der Waals surface area (Å²) < 4.78 is 6.06. The van der Waals surface area contributed by atoms with Crippen molar-refractivity contribution < 1.29 is 9.53 Å². The van der Waals surface area contributed by atoms with E-state index in [-0.39, 0.29) is 36.4 Å². The number of ether oxygens (including phenoxy) is 1. The molecule has 1 heterocycles. The average molecular weight is 557 g/mol. The third-order valence-corrected chi connectivity index (χ3v) is 5.89. The topological polar surface area (TPSA) is 66.0 Å². The van der Waals surface area contributed by atoms with E-state index in [0.717, 1.165) is 30.9 Å². The van der Waals surface area contributed by atoms with E-state index in [1.165, 1.54) is 23.3 Å². The van der Waals surface area contributed by atoms with Crippen LogP contribution in [0, 0.1) is 12.8 Å². The number of aryl methyl sites for hydroxylation is 1. The lowest BCUT2D eigenvalue weighted by molar-refractivity contribution is -0.127. The number of rotatable bonds is 10. The van der Waals surface area contributed by atoms with E-state index in [0.29, 0.717) is 18.4 Å². The summed E-state index contributed by atoms with van der Waals surface area (Å²) in [5, 5.41) is 8.58. The summed E-state index contributed by atoms with van der Waals surface area (Å²) >= 11 is 1.75. The SMILES string of the molecule is Cc1ccc(CN=C(NCCc2cccs2)NCC(=O)N(C)C)c(OCC2CC2)c1.I. The zero-order chi connectivity index (χ0) is 21.3. The van der Waals surface area contributed by atoms with E-state index in [9.17, 15) is 4.79 Å². The third-order valence-electron chi connectivity index (χ3n) is 4.95. The molecule has 0 bridgehead atoms. The van der Waals surface area contributed by atoms with Crippen LogP contribution < -0.4 is 15.4 Å². The summed E-state index contributed by atoms with van der Waals surface area (Å²) in [6.07, 6.45) is 3.45. The normalized spacial score (nSPS) is 13.3. The first-order valence-corrected chi connectivity index (χ1v) is 11.4. The number of nitrogens with zero attached hydrogens (tertiary/aromatic N) is 2. The number of halogens is 1. The summed E-state index contributed by atoms with van der Waals surface area (Å²) in [6.45, 7) is 4.30. The van der Waals surface area contributed by atoms with Gasteiger partial charge in [0.1, 0.15) is 5.75 Å². The Bertz CT molecular complexity index is 851. The molecule has 0 unspecified atom stereocenters. The number of hydrogen-bond acceptors (Lipinski definition) is 4. The highest BCUT2D eigenvalue weighted by Gasteiger charge is 2.22. The molecule has 0 spiro atoms. The molecule has 0 radical (unpaired) electrons. The fourth-order valence-corrected chi connectivity index (χ4v) is 3.54. The van der Waals surface area contributed by atoms with Crippen LogP contribution in [-0.2, 0) is 17.8 Å². The largest absolute Gasteiger partial charge is 0.493 e. The Labute approximate surface area is 206 Å². The summed E-state index contributed by atoms with van der Waals surface area (Å²) in [5.41, 5.74) is 2.23. The van der Waals surface area contributed by atoms with Gasteiger partial charge in [-0.15, -0.1) is 35.3 Å². The Kier molecular flexibility index (Phi) is 10.6. The third kappa shape index (κ3) is 9.06. The van der Waals surface area contributed by atoms with Crippen LogP contribution in [0.15, 0.2) is 40.7 Å². The van der Waals surface area contributed by atoms with Gasteiger partial charge in [-0.05, 0) is 55.2 Å². The molecule has 1 fully saturated rings. The fraction of sp³-hybridized carbons (Fsp3) is 0.478. The maximum Gasteiger partial charge on any atom is 0.241 e. The lowest BCUT2D eigenvalue weighted by Crippen LogP contribution is -2.43. The molecule has 1 aliphatic rings. The lowest BCUT2D eigenvalue weighted by Gasteiger charge is -2.16. The monoisotopic (exact) mass is 556 g/mol. The number of amides is 1. The molecule has 2 aromatic rings. The van der Waals surface area contributed by atoms with E-state index in [4.69, 9.17) is 9.73 Å². The molecule has 0 saturated heterocycles. The first-order chi connectivity index (χ1) is 14.5.